The SMILES string of the molecule is CN1CCN(CCCCNC(=O)C=Cc2cccnc2)C(c2ccccc2)(c2ccccc2)C1. The van der Waals surface area contributed by atoms with Crippen molar-refractivity contribution in [2.75, 3.05) is 39.8 Å². The molecule has 2 heterocycles. The number of aromatic nitrogens is 1. The Balaban J connectivity index is 1.39. The summed E-state index contributed by atoms with van der Waals surface area (Å²) in [4.78, 5) is 21.3. The van der Waals surface area contributed by atoms with Crippen LogP contribution in [0.15, 0.2) is 91.3 Å². The molecule has 0 bridgehead atoms. The highest BCUT2D eigenvalue weighted by Crippen LogP contribution is 2.39. The topological polar surface area (TPSA) is 48.5 Å². The average Bonchev–Trinajstić information content (AvgIpc) is 2.89. The highest BCUT2D eigenvalue weighted by atomic mass is 16.1. The van der Waals surface area contributed by atoms with Gasteiger partial charge in [-0.05, 0) is 55.3 Å². The van der Waals surface area contributed by atoms with Crippen molar-refractivity contribution in [3.05, 3.63) is 108 Å². The zero-order valence-electron chi connectivity index (χ0n) is 19.9. The first-order valence-electron chi connectivity index (χ1n) is 12.1. The zero-order valence-corrected chi connectivity index (χ0v) is 19.9. The number of benzene rings is 2. The number of nitrogens with one attached hydrogen (secondary N) is 1. The van der Waals surface area contributed by atoms with Crippen LogP contribution in [0.2, 0.25) is 0 Å². The van der Waals surface area contributed by atoms with Crippen LogP contribution < -0.4 is 5.32 Å². The molecule has 1 saturated heterocycles. The van der Waals surface area contributed by atoms with Crippen LogP contribution in [0.1, 0.15) is 29.5 Å². The van der Waals surface area contributed by atoms with E-state index in [0.717, 1.165) is 44.6 Å². The normalized spacial score (nSPS) is 16.5. The molecule has 4 rings (SSSR count). The smallest absolute Gasteiger partial charge is 0.243 e. The fourth-order valence-electron chi connectivity index (χ4n) is 4.84. The molecular formula is C29H34N4O. The molecule has 3 aromatic rings. The lowest BCUT2D eigenvalue weighted by Gasteiger charge is -2.51. The lowest BCUT2D eigenvalue weighted by Crippen LogP contribution is -2.60. The number of piperazine rings is 1. The fourth-order valence-corrected chi connectivity index (χ4v) is 4.84. The summed E-state index contributed by atoms with van der Waals surface area (Å²) >= 11 is 0. The molecule has 1 aliphatic heterocycles. The van der Waals surface area contributed by atoms with Gasteiger partial charge in [-0.2, -0.15) is 0 Å². The Kier molecular flexibility index (Phi) is 8.23. The molecule has 5 nitrogen and oxygen atoms in total. The van der Waals surface area contributed by atoms with Crippen LogP contribution >= 0.6 is 0 Å². The van der Waals surface area contributed by atoms with Crippen molar-refractivity contribution in [1.82, 2.24) is 20.1 Å². The summed E-state index contributed by atoms with van der Waals surface area (Å²) in [5.41, 5.74) is 3.42. The molecular weight excluding hydrogens is 420 g/mol. The summed E-state index contributed by atoms with van der Waals surface area (Å²) in [6.07, 6.45) is 8.80. The van der Waals surface area contributed by atoms with Gasteiger partial charge >= 0.3 is 0 Å². The van der Waals surface area contributed by atoms with Crippen LogP contribution in [0, 0.1) is 0 Å². The van der Waals surface area contributed by atoms with E-state index in [1.54, 1.807) is 24.5 Å². The van der Waals surface area contributed by atoms with Crippen LogP contribution in [0.5, 0.6) is 0 Å². The lowest BCUT2D eigenvalue weighted by atomic mass is 9.79. The van der Waals surface area contributed by atoms with Crippen molar-refractivity contribution in [3.63, 3.8) is 0 Å². The number of likely N-dealkylation sites (N-methyl/N-ethyl adjacent to an activating group) is 1. The minimum absolute atomic E-state index is 0.0635. The molecule has 1 aromatic heterocycles. The van der Waals surface area contributed by atoms with E-state index in [4.69, 9.17) is 0 Å². The molecule has 0 radical (unpaired) electrons. The molecule has 0 unspecified atom stereocenters. The highest BCUT2D eigenvalue weighted by molar-refractivity contribution is 5.91. The number of hydrogen-bond donors (Lipinski definition) is 1. The predicted octanol–water partition coefficient (Wildman–Crippen LogP) is 4.18. The fraction of sp³-hybridized carbons (Fsp3) is 0.310. The molecule has 0 atom stereocenters. The Hall–Kier alpha value is -3.28. The van der Waals surface area contributed by atoms with Crippen LogP contribution in [0.3, 0.4) is 0 Å². The van der Waals surface area contributed by atoms with E-state index in [9.17, 15) is 4.79 Å². The maximum atomic E-state index is 12.2. The number of carbonyl (C=O) groups excluding carboxylic acids is 1. The Morgan fingerprint density at radius 2 is 1.68 bits per heavy atom. The van der Waals surface area contributed by atoms with Crippen LogP contribution in [-0.2, 0) is 10.3 Å². The van der Waals surface area contributed by atoms with Crippen LogP contribution in [0.25, 0.3) is 6.08 Å². The highest BCUT2D eigenvalue weighted by Gasteiger charge is 2.43. The second-order valence-electron chi connectivity index (χ2n) is 8.93. The number of pyridine rings is 1. The average molecular weight is 455 g/mol. The van der Waals surface area contributed by atoms with E-state index in [-0.39, 0.29) is 11.4 Å². The molecule has 0 aliphatic carbocycles. The van der Waals surface area contributed by atoms with Crippen LogP contribution in [-0.4, -0.2) is 60.5 Å². The van der Waals surface area contributed by atoms with Crippen molar-refractivity contribution >= 4 is 12.0 Å². The van der Waals surface area contributed by atoms with E-state index in [0.29, 0.717) is 6.54 Å². The monoisotopic (exact) mass is 454 g/mol. The number of carbonyl (C=O) groups is 1. The quantitative estimate of drug-likeness (QED) is 0.389. The number of amides is 1. The minimum Gasteiger partial charge on any atom is -0.353 e. The van der Waals surface area contributed by atoms with Gasteiger partial charge in [0.15, 0.2) is 0 Å². The molecule has 0 saturated carbocycles. The molecule has 176 valence electrons. The van der Waals surface area contributed by atoms with Crippen molar-refractivity contribution in [1.29, 1.82) is 0 Å². The van der Waals surface area contributed by atoms with E-state index in [1.165, 1.54) is 11.1 Å². The van der Waals surface area contributed by atoms with Crippen molar-refractivity contribution in [2.45, 2.75) is 18.4 Å². The maximum Gasteiger partial charge on any atom is 0.243 e. The predicted molar refractivity (Wildman–Crippen MR) is 138 cm³/mol. The summed E-state index contributed by atoms with van der Waals surface area (Å²) in [7, 11) is 2.21. The van der Waals surface area contributed by atoms with E-state index >= 15 is 0 Å². The van der Waals surface area contributed by atoms with Gasteiger partial charge in [-0.15, -0.1) is 0 Å². The molecule has 2 aromatic carbocycles. The van der Waals surface area contributed by atoms with Gasteiger partial charge in [-0.3, -0.25) is 14.7 Å². The van der Waals surface area contributed by atoms with Gasteiger partial charge in [0.25, 0.3) is 0 Å². The minimum atomic E-state index is -0.175. The summed E-state index contributed by atoms with van der Waals surface area (Å²) < 4.78 is 0. The molecule has 1 N–H and O–H groups in total. The number of unbranched alkanes of at least 4 members (excludes halogenated alkanes) is 1. The summed E-state index contributed by atoms with van der Waals surface area (Å²) in [6.45, 7) is 4.68. The molecule has 1 aliphatic rings. The molecule has 0 spiro atoms. The molecule has 5 heteroatoms. The lowest BCUT2D eigenvalue weighted by molar-refractivity contribution is -0.116. The van der Waals surface area contributed by atoms with Crippen molar-refractivity contribution < 1.29 is 4.79 Å². The third kappa shape index (κ3) is 5.79. The van der Waals surface area contributed by atoms with Gasteiger partial charge in [-0.1, -0.05) is 66.7 Å². The second kappa shape index (κ2) is 11.7. The van der Waals surface area contributed by atoms with Gasteiger partial charge in [0.05, 0.1) is 5.54 Å². The number of hydrogen-bond acceptors (Lipinski definition) is 4. The standard InChI is InChI=1S/C29H34N4O/c1-32-21-22-33(20-9-8-19-31-28(34)17-16-25-11-10-18-30-23-25)29(24-32,26-12-4-2-5-13-26)27-14-6-3-7-15-27/h2-7,10-18,23H,8-9,19-22,24H2,1H3,(H,31,34). The second-order valence-corrected chi connectivity index (χ2v) is 8.93. The number of rotatable bonds is 9. The van der Waals surface area contributed by atoms with Gasteiger partial charge < -0.3 is 10.2 Å². The molecule has 34 heavy (non-hydrogen) atoms. The van der Waals surface area contributed by atoms with Gasteiger partial charge in [0.2, 0.25) is 5.91 Å². The van der Waals surface area contributed by atoms with E-state index in [1.807, 2.05) is 12.1 Å². The van der Waals surface area contributed by atoms with Gasteiger partial charge in [-0.25, -0.2) is 0 Å². The summed E-state index contributed by atoms with van der Waals surface area (Å²) in [5.74, 6) is -0.0635. The van der Waals surface area contributed by atoms with Crippen LogP contribution in [0.4, 0.5) is 0 Å². The third-order valence-corrected chi connectivity index (χ3v) is 6.56. The first-order valence-corrected chi connectivity index (χ1v) is 12.1. The number of nitrogens with zero attached hydrogens (tertiary/aromatic N) is 3. The Bertz CT molecular complexity index is 1010. The summed E-state index contributed by atoms with van der Waals surface area (Å²) in [5, 5.41) is 3.01. The Morgan fingerprint density at radius 1 is 0.971 bits per heavy atom. The Morgan fingerprint density at radius 3 is 2.32 bits per heavy atom. The van der Waals surface area contributed by atoms with E-state index < -0.39 is 0 Å². The third-order valence-electron chi connectivity index (χ3n) is 6.56. The Labute approximate surface area is 203 Å². The molecule has 1 fully saturated rings. The first-order chi connectivity index (χ1) is 16.7. The largest absolute Gasteiger partial charge is 0.353 e. The maximum absolute atomic E-state index is 12.2. The van der Waals surface area contributed by atoms with E-state index in [2.05, 4.69) is 87.8 Å². The zero-order chi connectivity index (χ0) is 23.6. The first kappa shape index (κ1) is 23.9. The van der Waals surface area contributed by atoms with Gasteiger partial charge in [0, 0.05) is 44.6 Å². The van der Waals surface area contributed by atoms with Crippen molar-refractivity contribution in [3.8, 4) is 0 Å². The van der Waals surface area contributed by atoms with Gasteiger partial charge in [0.1, 0.15) is 0 Å². The molecule has 1 amide bonds. The van der Waals surface area contributed by atoms with Crippen molar-refractivity contribution in [2.24, 2.45) is 0 Å². The summed E-state index contributed by atoms with van der Waals surface area (Å²) in [6, 6.07) is 25.6.